The summed E-state index contributed by atoms with van der Waals surface area (Å²) in [6.07, 6.45) is 0. The predicted molar refractivity (Wildman–Crippen MR) is 49.0 cm³/mol. The van der Waals surface area contributed by atoms with Crippen molar-refractivity contribution in [2.24, 2.45) is 11.5 Å². The molecule has 0 aromatic heterocycles. The highest BCUT2D eigenvalue weighted by molar-refractivity contribution is 5.95. The highest BCUT2D eigenvalue weighted by Gasteiger charge is 2.24. The fourth-order valence-electron chi connectivity index (χ4n) is 0.570. The second-order valence-electron chi connectivity index (χ2n) is 3.26. The van der Waals surface area contributed by atoms with Gasteiger partial charge >= 0.3 is 6.03 Å². The minimum absolute atomic E-state index is 0.209. The molecule has 0 aliphatic rings. The number of primary amides is 2. The summed E-state index contributed by atoms with van der Waals surface area (Å²) in [5, 5.41) is 4.41. The van der Waals surface area contributed by atoms with Crippen LogP contribution in [0.5, 0.6) is 0 Å². The summed E-state index contributed by atoms with van der Waals surface area (Å²) in [5.74, 6) is -1.21. The lowest BCUT2D eigenvalue weighted by molar-refractivity contribution is -0.124. The minimum atomic E-state index is -1.00. The van der Waals surface area contributed by atoms with E-state index in [-0.39, 0.29) is 6.54 Å². The summed E-state index contributed by atoms with van der Waals surface area (Å²) in [4.78, 5) is 31.9. The van der Waals surface area contributed by atoms with Gasteiger partial charge in [0.1, 0.15) is 0 Å². The quantitative estimate of drug-likeness (QED) is 0.421. The molecule has 7 heteroatoms. The third-order valence-corrected chi connectivity index (χ3v) is 1.57. The van der Waals surface area contributed by atoms with Crippen molar-refractivity contribution in [1.82, 2.24) is 10.6 Å². The zero-order valence-electron chi connectivity index (χ0n) is 8.09. The number of rotatable bonds is 4. The predicted octanol–water partition coefficient (Wildman–Crippen LogP) is -1.97. The Hall–Kier alpha value is -1.63. The zero-order chi connectivity index (χ0) is 11.4. The Labute approximate surface area is 81.2 Å². The van der Waals surface area contributed by atoms with Crippen LogP contribution in [0.2, 0.25) is 0 Å². The van der Waals surface area contributed by atoms with Gasteiger partial charge in [0.05, 0.1) is 12.1 Å². The third-order valence-electron chi connectivity index (χ3n) is 1.57. The van der Waals surface area contributed by atoms with Gasteiger partial charge in [-0.3, -0.25) is 20.2 Å². The number of nitrogens with one attached hydrogen (secondary N) is 2. The molecule has 0 aromatic carbocycles. The summed E-state index contributed by atoms with van der Waals surface area (Å²) >= 11 is 0. The average molecular weight is 202 g/mol. The molecule has 0 fully saturated rings. The van der Waals surface area contributed by atoms with Crippen LogP contribution in [0.25, 0.3) is 0 Å². The van der Waals surface area contributed by atoms with Crippen molar-refractivity contribution in [1.29, 1.82) is 0 Å². The number of nitrogens with two attached hydrogens (primary N) is 2. The maximum absolute atomic E-state index is 10.9. The molecule has 0 aliphatic carbocycles. The second-order valence-corrected chi connectivity index (χ2v) is 3.26. The number of urea groups is 1. The molecule has 0 unspecified atom stereocenters. The number of hydrogen-bond acceptors (Lipinski definition) is 4. The molecule has 0 spiro atoms. The van der Waals surface area contributed by atoms with E-state index in [0.29, 0.717) is 0 Å². The molecule has 0 saturated carbocycles. The largest absolute Gasteiger partial charge is 0.368 e. The lowest BCUT2D eigenvalue weighted by atomic mass is 10.1. The summed E-state index contributed by atoms with van der Waals surface area (Å²) in [6.45, 7) is 2.83. The number of amides is 4. The van der Waals surface area contributed by atoms with E-state index in [2.05, 4.69) is 5.32 Å². The van der Waals surface area contributed by atoms with Crippen molar-refractivity contribution in [3.8, 4) is 0 Å². The Morgan fingerprint density at radius 3 is 2.07 bits per heavy atom. The first-order valence-corrected chi connectivity index (χ1v) is 3.90. The molecule has 0 aromatic rings. The van der Waals surface area contributed by atoms with Crippen LogP contribution in [0, 0.1) is 0 Å². The van der Waals surface area contributed by atoms with Crippen LogP contribution in [0.3, 0.4) is 0 Å². The van der Waals surface area contributed by atoms with E-state index >= 15 is 0 Å². The van der Waals surface area contributed by atoms with E-state index in [4.69, 9.17) is 11.5 Å². The maximum atomic E-state index is 10.9. The SMILES string of the molecule is CC(C)(NCC(=O)NC(N)=O)C(N)=O. The van der Waals surface area contributed by atoms with Crippen LogP contribution >= 0.6 is 0 Å². The van der Waals surface area contributed by atoms with Crippen molar-refractivity contribution in [2.45, 2.75) is 19.4 Å². The lowest BCUT2D eigenvalue weighted by Gasteiger charge is -2.21. The van der Waals surface area contributed by atoms with Gasteiger partial charge in [-0.05, 0) is 13.8 Å². The summed E-state index contributed by atoms with van der Waals surface area (Å²) in [6, 6.07) is -0.936. The van der Waals surface area contributed by atoms with Gasteiger partial charge in [0, 0.05) is 0 Å². The maximum Gasteiger partial charge on any atom is 0.318 e. The molecular weight excluding hydrogens is 188 g/mol. The monoisotopic (exact) mass is 202 g/mol. The first-order chi connectivity index (χ1) is 6.25. The Kier molecular flexibility index (Phi) is 4.03. The fourth-order valence-corrected chi connectivity index (χ4v) is 0.570. The van der Waals surface area contributed by atoms with Crippen molar-refractivity contribution < 1.29 is 14.4 Å². The third kappa shape index (κ3) is 4.41. The molecule has 0 aliphatic heterocycles. The van der Waals surface area contributed by atoms with E-state index < -0.39 is 23.4 Å². The van der Waals surface area contributed by atoms with E-state index in [1.807, 2.05) is 5.32 Å². The molecule has 0 atom stereocenters. The molecule has 14 heavy (non-hydrogen) atoms. The first-order valence-electron chi connectivity index (χ1n) is 3.90. The Morgan fingerprint density at radius 1 is 1.21 bits per heavy atom. The molecule has 0 heterocycles. The fraction of sp³-hybridized carbons (Fsp3) is 0.571. The van der Waals surface area contributed by atoms with Gasteiger partial charge in [-0.1, -0.05) is 0 Å². The summed E-state index contributed by atoms with van der Waals surface area (Å²) in [7, 11) is 0. The van der Waals surface area contributed by atoms with Crippen molar-refractivity contribution >= 4 is 17.8 Å². The van der Waals surface area contributed by atoms with Gasteiger partial charge in [-0.15, -0.1) is 0 Å². The van der Waals surface area contributed by atoms with Crippen LogP contribution in [0.4, 0.5) is 4.79 Å². The normalized spacial score (nSPS) is 10.7. The standard InChI is InChI=1S/C7H14N4O3/c1-7(2,5(8)13)10-3-4(12)11-6(9)14/h10H,3H2,1-2H3,(H2,8,13)(H3,9,11,12,14). The van der Waals surface area contributed by atoms with Crippen molar-refractivity contribution in [3.63, 3.8) is 0 Å². The number of carbonyl (C=O) groups is 3. The van der Waals surface area contributed by atoms with Crippen LogP contribution in [-0.2, 0) is 9.59 Å². The zero-order valence-corrected chi connectivity index (χ0v) is 8.09. The average Bonchev–Trinajstić information content (AvgIpc) is 1.99. The smallest absolute Gasteiger partial charge is 0.318 e. The number of hydrogen-bond donors (Lipinski definition) is 4. The highest BCUT2D eigenvalue weighted by atomic mass is 16.2. The number of imide groups is 1. The lowest BCUT2D eigenvalue weighted by Crippen LogP contribution is -2.54. The van der Waals surface area contributed by atoms with Gasteiger partial charge in [0.25, 0.3) is 0 Å². The Bertz CT molecular complexity index is 262. The van der Waals surface area contributed by atoms with Gasteiger partial charge in [-0.25, -0.2) is 4.79 Å². The number of carbonyl (C=O) groups excluding carboxylic acids is 3. The molecule has 0 radical (unpaired) electrons. The van der Waals surface area contributed by atoms with Crippen molar-refractivity contribution in [3.05, 3.63) is 0 Å². The summed E-state index contributed by atoms with van der Waals surface area (Å²) in [5.41, 5.74) is 8.73. The molecule has 7 nitrogen and oxygen atoms in total. The Morgan fingerprint density at radius 2 is 1.71 bits per heavy atom. The van der Waals surface area contributed by atoms with Crippen molar-refractivity contribution in [2.75, 3.05) is 6.54 Å². The minimum Gasteiger partial charge on any atom is -0.368 e. The molecule has 0 bridgehead atoms. The van der Waals surface area contributed by atoms with E-state index in [1.54, 1.807) is 0 Å². The van der Waals surface area contributed by atoms with E-state index in [1.165, 1.54) is 13.8 Å². The molecule has 6 N–H and O–H groups in total. The molecule has 0 rings (SSSR count). The first kappa shape index (κ1) is 12.4. The van der Waals surface area contributed by atoms with Crippen LogP contribution in [0.15, 0.2) is 0 Å². The molecule has 80 valence electrons. The summed E-state index contributed by atoms with van der Waals surface area (Å²) < 4.78 is 0. The molecule has 0 saturated heterocycles. The van der Waals surface area contributed by atoms with E-state index in [0.717, 1.165) is 0 Å². The van der Waals surface area contributed by atoms with Crippen LogP contribution < -0.4 is 22.1 Å². The van der Waals surface area contributed by atoms with Crippen LogP contribution in [-0.4, -0.2) is 29.9 Å². The Balaban J connectivity index is 4.00. The van der Waals surface area contributed by atoms with Gasteiger partial charge < -0.3 is 11.5 Å². The molecular formula is C7H14N4O3. The van der Waals surface area contributed by atoms with E-state index in [9.17, 15) is 14.4 Å². The second kappa shape index (κ2) is 4.56. The van der Waals surface area contributed by atoms with Gasteiger partial charge in [-0.2, -0.15) is 0 Å². The van der Waals surface area contributed by atoms with Crippen LogP contribution in [0.1, 0.15) is 13.8 Å². The van der Waals surface area contributed by atoms with Gasteiger partial charge in [0.15, 0.2) is 0 Å². The van der Waals surface area contributed by atoms with Gasteiger partial charge in [0.2, 0.25) is 11.8 Å². The highest BCUT2D eigenvalue weighted by Crippen LogP contribution is 1.98. The topological polar surface area (TPSA) is 127 Å². The molecule has 4 amide bonds.